The van der Waals surface area contributed by atoms with E-state index < -0.39 is 0 Å². The number of benzene rings is 2. The van der Waals surface area contributed by atoms with E-state index >= 15 is 0 Å². The van der Waals surface area contributed by atoms with E-state index in [4.69, 9.17) is 10.3 Å². The second kappa shape index (κ2) is 9.96. The summed E-state index contributed by atoms with van der Waals surface area (Å²) in [6.45, 7) is 2.03. The first-order valence-corrected chi connectivity index (χ1v) is 8.69. The molecular weight excluding hydrogens is 383 g/mol. The van der Waals surface area contributed by atoms with E-state index in [-0.39, 0.29) is 36.6 Å². The van der Waals surface area contributed by atoms with E-state index in [0.717, 1.165) is 5.56 Å². The van der Waals surface area contributed by atoms with Crippen molar-refractivity contribution in [2.24, 2.45) is 5.73 Å². The molecule has 0 spiro atoms. The molecule has 0 aliphatic rings. The topological polar surface area (TPSA) is 94.0 Å². The number of aromatic nitrogens is 2. The summed E-state index contributed by atoms with van der Waals surface area (Å²) >= 11 is 0. The number of carbonyl (C=O) groups is 1. The Morgan fingerprint density at radius 3 is 2.71 bits per heavy atom. The molecule has 28 heavy (non-hydrogen) atoms. The van der Waals surface area contributed by atoms with Crippen molar-refractivity contribution in [1.82, 2.24) is 15.5 Å². The van der Waals surface area contributed by atoms with E-state index in [1.165, 1.54) is 6.07 Å². The number of hydrogen-bond donors (Lipinski definition) is 2. The Morgan fingerprint density at radius 1 is 1.25 bits per heavy atom. The van der Waals surface area contributed by atoms with Crippen LogP contribution in [0.25, 0.3) is 11.4 Å². The van der Waals surface area contributed by atoms with Crippen molar-refractivity contribution in [1.29, 1.82) is 0 Å². The summed E-state index contributed by atoms with van der Waals surface area (Å²) in [5.41, 5.74) is 8.10. The number of amides is 1. The van der Waals surface area contributed by atoms with Crippen molar-refractivity contribution in [3.8, 4) is 11.4 Å². The molecule has 1 atom stereocenters. The Kier molecular flexibility index (Phi) is 7.66. The maximum Gasteiger partial charge on any atom is 0.227 e. The zero-order valence-electron chi connectivity index (χ0n) is 15.4. The molecule has 0 radical (unpaired) electrons. The van der Waals surface area contributed by atoms with Crippen LogP contribution in [0.3, 0.4) is 0 Å². The zero-order valence-corrected chi connectivity index (χ0v) is 16.2. The molecule has 1 amide bonds. The molecule has 0 bridgehead atoms. The number of halogens is 2. The van der Waals surface area contributed by atoms with Crippen LogP contribution in [-0.2, 0) is 11.2 Å². The summed E-state index contributed by atoms with van der Waals surface area (Å²) < 4.78 is 18.8. The highest BCUT2D eigenvalue weighted by Crippen LogP contribution is 2.19. The van der Waals surface area contributed by atoms with Gasteiger partial charge >= 0.3 is 0 Å². The highest BCUT2D eigenvalue weighted by molar-refractivity contribution is 5.85. The van der Waals surface area contributed by atoms with Crippen molar-refractivity contribution in [2.45, 2.75) is 25.8 Å². The minimum Gasteiger partial charge on any atom is -0.354 e. The lowest BCUT2D eigenvalue weighted by Gasteiger charge is -2.12. The van der Waals surface area contributed by atoms with Gasteiger partial charge in [-0.3, -0.25) is 4.79 Å². The van der Waals surface area contributed by atoms with Crippen molar-refractivity contribution in [3.05, 3.63) is 71.4 Å². The fraction of sp³-hybridized carbons (Fsp3) is 0.250. The normalized spacial score (nSPS) is 11.5. The van der Waals surface area contributed by atoms with Gasteiger partial charge in [-0.05, 0) is 24.1 Å². The Bertz CT molecular complexity index is 918. The van der Waals surface area contributed by atoms with E-state index in [2.05, 4.69) is 15.5 Å². The van der Waals surface area contributed by atoms with Crippen LogP contribution in [-0.4, -0.2) is 22.6 Å². The quantitative estimate of drug-likeness (QED) is 0.629. The molecule has 3 aromatic rings. The number of nitrogens with one attached hydrogen (secondary N) is 1. The van der Waals surface area contributed by atoms with Gasteiger partial charge in [0.2, 0.25) is 17.6 Å². The average molecular weight is 405 g/mol. The molecule has 1 unspecified atom stereocenters. The predicted molar refractivity (Wildman–Crippen MR) is 106 cm³/mol. The fourth-order valence-electron chi connectivity index (χ4n) is 2.56. The molecule has 1 heterocycles. The van der Waals surface area contributed by atoms with E-state index in [1.807, 2.05) is 30.3 Å². The molecule has 0 aliphatic carbocycles. The van der Waals surface area contributed by atoms with Crippen LogP contribution < -0.4 is 11.1 Å². The van der Waals surface area contributed by atoms with Crippen molar-refractivity contribution < 1.29 is 13.7 Å². The molecule has 148 valence electrons. The third-order valence-electron chi connectivity index (χ3n) is 4.21. The monoisotopic (exact) mass is 404 g/mol. The molecule has 0 fully saturated rings. The summed E-state index contributed by atoms with van der Waals surface area (Å²) in [5, 5.41) is 6.64. The first-order chi connectivity index (χ1) is 13.0. The maximum atomic E-state index is 13.6. The Balaban J connectivity index is 0.00000280. The zero-order chi connectivity index (χ0) is 19.2. The third kappa shape index (κ3) is 5.61. The van der Waals surface area contributed by atoms with Crippen molar-refractivity contribution >= 4 is 18.3 Å². The minimum absolute atomic E-state index is 0. The molecular formula is C20H22ClFN4O2. The molecule has 0 aliphatic heterocycles. The van der Waals surface area contributed by atoms with Crippen molar-refractivity contribution in [3.63, 3.8) is 0 Å². The third-order valence-corrected chi connectivity index (χ3v) is 4.21. The lowest BCUT2D eigenvalue weighted by Crippen LogP contribution is -2.32. The molecule has 3 rings (SSSR count). The Hall–Kier alpha value is -2.77. The maximum absolute atomic E-state index is 13.6. The molecule has 0 saturated carbocycles. The van der Waals surface area contributed by atoms with Crippen molar-refractivity contribution in [2.75, 3.05) is 6.54 Å². The van der Waals surface area contributed by atoms with Gasteiger partial charge in [0.05, 0.1) is 0 Å². The number of nitrogens with two attached hydrogens (primary N) is 1. The van der Waals surface area contributed by atoms with E-state index in [1.54, 1.807) is 19.1 Å². The molecule has 0 saturated heterocycles. The van der Waals surface area contributed by atoms with E-state index in [0.29, 0.717) is 35.8 Å². The average Bonchev–Trinajstić information content (AvgIpc) is 3.16. The molecule has 2 aromatic carbocycles. The first kappa shape index (κ1) is 21.5. The minimum atomic E-state index is -0.326. The number of hydrogen-bond acceptors (Lipinski definition) is 5. The molecule has 6 nitrogen and oxygen atoms in total. The van der Waals surface area contributed by atoms with Gasteiger partial charge in [0, 0.05) is 31.0 Å². The summed E-state index contributed by atoms with van der Waals surface area (Å²) in [5.74, 6) is 0.152. The highest BCUT2D eigenvalue weighted by Gasteiger charge is 2.13. The number of rotatable bonds is 7. The SMILES string of the molecule is Cc1ccc(-c2noc(CCC(=O)NCC(N)c3ccccc3)n2)cc1F.Cl. The standard InChI is InChI=1S/C20H21FN4O2.ClH/c1-13-7-8-15(11-16(13)21)20-24-19(27-25-20)10-9-18(26)23-12-17(22)14-5-3-2-4-6-14;/h2-8,11,17H,9-10,12,22H2,1H3,(H,23,26);1H. The Morgan fingerprint density at radius 2 is 2.00 bits per heavy atom. The summed E-state index contributed by atoms with van der Waals surface area (Å²) in [7, 11) is 0. The summed E-state index contributed by atoms with van der Waals surface area (Å²) in [4.78, 5) is 16.2. The smallest absolute Gasteiger partial charge is 0.227 e. The van der Waals surface area contributed by atoms with Gasteiger partial charge in [-0.1, -0.05) is 47.6 Å². The predicted octanol–water partition coefficient (Wildman–Crippen LogP) is 3.35. The second-order valence-electron chi connectivity index (χ2n) is 6.30. The van der Waals surface area contributed by atoms with Crippen LogP contribution in [0.15, 0.2) is 53.1 Å². The van der Waals surface area contributed by atoms with Gasteiger partial charge < -0.3 is 15.6 Å². The largest absolute Gasteiger partial charge is 0.354 e. The fourth-order valence-corrected chi connectivity index (χ4v) is 2.56. The van der Waals surface area contributed by atoms with Crippen LogP contribution in [0.2, 0.25) is 0 Å². The van der Waals surface area contributed by atoms with Crippen LogP contribution in [0.5, 0.6) is 0 Å². The molecule has 1 aromatic heterocycles. The van der Waals surface area contributed by atoms with Crippen LogP contribution in [0, 0.1) is 12.7 Å². The number of nitrogens with zero attached hydrogens (tertiary/aromatic N) is 2. The highest BCUT2D eigenvalue weighted by atomic mass is 35.5. The first-order valence-electron chi connectivity index (χ1n) is 8.69. The van der Waals surface area contributed by atoms with Gasteiger partial charge in [0.25, 0.3) is 0 Å². The van der Waals surface area contributed by atoms with E-state index in [9.17, 15) is 9.18 Å². The van der Waals surface area contributed by atoms with Gasteiger partial charge in [0.15, 0.2) is 0 Å². The number of carbonyl (C=O) groups excluding carboxylic acids is 1. The lowest BCUT2D eigenvalue weighted by atomic mass is 10.1. The summed E-state index contributed by atoms with van der Waals surface area (Å²) in [6.07, 6.45) is 0.499. The van der Waals surface area contributed by atoms with Gasteiger partial charge in [-0.25, -0.2) is 4.39 Å². The molecule has 3 N–H and O–H groups in total. The van der Waals surface area contributed by atoms with Crippen LogP contribution in [0.1, 0.15) is 29.5 Å². The second-order valence-corrected chi connectivity index (χ2v) is 6.30. The molecule has 8 heteroatoms. The number of aryl methyl sites for hydroxylation is 2. The lowest BCUT2D eigenvalue weighted by molar-refractivity contribution is -0.121. The van der Waals surface area contributed by atoms with Crippen LogP contribution >= 0.6 is 12.4 Å². The Labute approximate surface area is 168 Å². The van der Waals surface area contributed by atoms with Gasteiger partial charge in [0.1, 0.15) is 5.82 Å². The van der Waals surface area contributed by atoms with Gasteiger partial charge in [-0.15, -0.1) is 12.4 Å². The van der Waals surface area contributed by atoms with Crippen LogP contribution in [0.4, 0.5) is 4.39 Å². The summed E-state index contributed by atoms with van der Waals surface area (Å²) in [6, 6.07) is 14.1. The van der Waals surface area contributed by atoms with Gasteiger partial charge in [-0.2, -0.15) is 4.98 Å².